The van der Waals surface area contributed by atoms with Crippen molar-refractivity contribution in [3.63, 3.8) is 0 Å². The largest absolute Gasteiger partial charge is 0.491 e. The monoisotopic (exact) mass is 461 g/mol. The van der Waals surface area contributed by atoms with Gasteiger partial charge in [0.1, 0.15) is 34.9 Å². The maximum absolute atomic E-state index is 15.1. The Morgan fingerprint density at radius 1 is 0.853 bits per heavy atom. The van der Waals surface area contributed by atoms with Gasteiger partial charge in [-0.3, -0.25) is 0 Å². The summed E-state index contributed by atoms with van der Waals surface area (Å²) in [7, 11) is 0. The molecular formula is C27H22F3N3O. The Morgan fingerprint density at radius 3 is 2.24 bits per heavy atom. The van der Waals surface area contributed by atoms with Crippen molar-refractivity contribution in [1.82, 2.24) is 9.97 Å². The van der Waals surface area contributed by atoms with Crippen LogP contribution in [-0.2, 0) is 25.7 Å². The number of fused-ring (bicyclic) bond motifs is 1. The lowest BCUT2D eigenvalue weighted by atomic mass is 9.97. The number of hydrogen-bond donors (Lipinski definition) is 0. The molecule has 0 fully saturated rings. The summed E-state index contributed by atoms with van der Waals surface area (Å²) in [6, 6.07) is 12.9. The minimum atomic E-state index is -0.903. The van der Waals surface area contributed by atoms with Gasteiger partial charge < -0.3 is 4.74 Å². The summed E-state index contributed by atoms with van der Waals surface area (Å²) in [5, 5.41) is 10.1. The summed E-state index contributed by atoms with van der Waals surface area (Å²) in [4.78, 5) is 8.61. The first kappa shape index (κ1) is 23.2. The lowest BCUT2D eigenvalue weighted by Gasteiger charge is -2.09. The predicted octanol–water partition coefficient (Wildman–Crippen LogP) is 5.89. The molecule has 0 bridgehead atoms. The Bertz CT molecular complexity index is 1340. The zero-order valence-electron chi connectivity index (χ0n) is 18.6. The molecule has 1 heterocycles. The average molecular weight is 461 g/mol. The number of nitrogens with zero attached hydrogens (tertiary/aromatic N) is 3. The fourth-order valence-electron chi connectivity index (χ4n) is 3.86. The minimum Gasteiger partial charge on any atom is -0.491 e. The summed E-state index contributed by atoms with van der Waals surface area (Å²) >= 11 is 0. The molecule has 4 rings (SSSR count). The standard InChI is InChI=1S/C27H22F3N3O/c1-2-34-21-15-32-26(33-16-21)10-5-17-4-9-22-20(11-17)8-7-19(27(22)30)6-3-18-12-24(28)23(14-31)25(29)13-18/h4,7-9,11-13,15-16H,2-3,5-6,10H2,1H3. The minimum absolute atomic E-state index is 0.252. The molecule has 0 radical (unpaired) electrons. The number of hydrogen-bond acceptors (Lipinski definition) is 4. The molecule has 0 aliphatic carbocycles. The molecule has 0 N–H and O–H groups in total. The summed E-state index contributed by atoms with van der Waals surface area (Å²) in [6.07, 6.45) is 5.21. The van der Waals surface area contributed by atoms with Gasteiger partial charge in [0, 0.05) is 11.8 Å². The topological polar surface area (TPSA) is 58.8 Å². The van der Waals surface area contributed by atoms with Crippen molar-refractivity contribution in [3.8, 4) is 11.8 Å². The van der Waals surface area contributed by atoms with E-state index in [1.165, 1.54) is 6.07 Å². The second-order valence-corrected chi connectivity index (χ2v) is 7.91. The lowest BCUT2D eigenvalue weighted by Crippen LogP contribution is -2.00. The first-order valence-electron chi connectivity index (χ1n) is 11.0. The van der Waals surface area contributed by atoms with E-state index in [1.54, 1.807) is 24.5 Å². The number of benzene rings is 3. The summed E-state index contributed by atoms with van der Waals surface area (Å²) in [6.45, 7) is 2.46. The second kappa shape index (κ2) is 10.3. The van der Waals surface area contributed by atoms with Crippen LogP contribution in [0.25, 0.3) is 10.8 Å². The molecule has 0 unspecified atom stereocenters. The van der Waals surface area contributed by atoms with Crippen LogP contribution in [0.15, 0.2) is 54.9 Å². The van der Waals surface area contributed by atoms with Crippen LogP contribution in [0, 0.1) is 28.8 Å². The first-order valence-corrected chi connectivity index (χ1v) is 11.0. The highest BCUT2D eigenvalue weighted by molar-refractivity contribution is 5.84. The van der Waals surface area contributed by atoms with Crippen molar-refractivity contribution >= 4 is 10.8 Å². The molecular weight excluding hydrogens is 439 g/mol. The predicted molar refractivity (Wildman–Crippen MR) is 123 cm³/mol. The Hall–Kier alpha value is -3.92. The Kier molecular flexibility index (Phi) is 7.07. The van der Waals surface area contributed by atoms with Gasteiger partial charge in [-0.2, -0.15) is 5.26 Å². The van der Waals surface area contributed by atoms with Gasteiger partial charge >= 0.3 is 0 Å². The van der Waals surface area contributed by atoms with Crippen LogP contribution in [0.4, 0.5) is 13.2 Å². The third-order valence-electron chi connectivity index (χ3n) is 5.63. The van der Waals surface area contributed by atoms with Gasteiger partial charge in [-0.15, -0.1) is 0 Å². The zero-order valence-corrected chi connectivity index (χ0v) is 18.6. The van der Waals surface area contributed by atoms with Gasteiger partial charge in [-0.05, 0) is 60.4 Å². The number of aromatic nitrogens is 2. The fraction of sp³-hybridized carbons (Fsp3) is 0.222. The number of ether oxygens (including phenoxy) is 1. The van der Waals surface area contributed by atoms with Gasteiger partial charge in [0.25, 0.3) is 0 Å². The first-order chi connectivity index (χ1) is 16.5. The maximum atomic E-state index is 15.1. The van der Waals surface area contributed by atoms with E-state index in [0.29, 0.717) is 47.5 Å². The van der Waals surface area contributed by atoms with Crippen molar-refractivity contribution in [2.75, 3.05) is 6.61 Å². The molecule has 0 amide bonds. The Morgan fingerprint density at radius 2 is 1.56 bits per heavy atom. The third-order valence-corrected chi connectivity index (χ3v) is 5.63. The molecule has 4 aromatic rings. The van der Waals surface area contributed by atoms with Gasteiger partial charge in [0.2, 0.25) is 0 Å². The smallest absolute Gasteiger partial charge is 0.155 e. The van der Waals surface area contributed by atoms with Crippen LogP contribution in [-0.4, -0.2) is 16.6 Å². The van der Waals surface area contributed by atoms with Gasteiger partial charge in [0.05, 0.1) is 19.0 Å². The molecule has 34 heavy (non-hydrogen) atoms. The van der Waals surface area contributed by atoms with Crippen molar-refractivity contribution in [1.29, 1.82) is 5.26 Å². The molecule has 0 saturated carbocycles. The third kappa shape index (κ3) is 5.18. The van der Waals surface area contributed by atoms with Crippen LogP contribution in [0.1, 0.15) is 35.0 Å². The summed E-state index contributed by atoms with van der Waals surface area (Å²) in [5.74, 6) is -0.800. The Balaban J connectivity index is 1.45. The maximum Gasteiger partial charge on any atom is 0.155 e. The molecule has 1 aromatic heterocycles. The molecule has 7 heteroatoms. The Labute approximate surface area is 195 Å². The molecule has 4 nitrogen and oxygen atoms in total. The van der Waals surface area contributed by atoms with Crippen LogP contribution < -0.4 is 4.74 Å². The SMILES string of the molecule is CCOc1cnc(CCc2ccc3c(F)c(CCc4cc(F)c(C#N)c(F)c4)ccc3c2)nc1. The number of nitriles is 1. The highest BCUT2D eigenvalue weighted by Gasteiger charge is 2.13. The van der Waals surface area contributed by atoms with E-state index in [-0.39, 0.29) is 18.7 Å². The van der Waals surface area contributed by atoms with Crippen LogP contribution in [0.3, 0.4) is 0 Å². The van der Waals surface area contributed by atoms with Crippen molar-refractivity contribution < 1.29 is 17.9 Å². The molecule has 0 aliphatic rings. The molecule has 3 aromatic carbocycles. The van der Waals surface area contributed by atoms with E-state index in [2.05, 4.69) is 9.97 Å². The van der Waals surface area contributed by atoms with E-state index in [1.807, 2.05) is 25.1 Å². The van der Waals surface area contributed by atoms with E-state index in [4.69, 9.17) is 10.00 Å². The molecule has 172 valence electrons. The van der Waals surface area contributed by atoms with Gasteiger partial charge in [-0.25, -0.2) is 23.1 Å². The van der Waals surface area contributed by atoms with Crippen molar-refractivity contribution in [2.45, 2.75) is 32.6 Å². The van der Waals surface area contributed by atoms with Crippen LogP contribution in [0.2, 0.25) is 0 Å². The molecule has 0 atom stereocenters. The van der Waals surface area contributed by atoms with Gasteiger partial charge in [-0.1, -0.05) is 30.3 Å². The second-order valence-electron chi connectivity index (χ2n) is 7.91. The van der Waals surface area contributed by atoms with Crippen LogP contribution >= 0.6 is 0 Å². The van der Waals surface area contributed by atoms with E-state index < -0.39 is 17.2 Å². The van der Waals surface area contributed by atoms with Crippen LogP contribution in [0.5, 0.6) is 5.75 Å². The molecule has 0 saturated heterocycles. The highest BCUT2D eigenvalue weighted by Crippen LogP contribution is 2.25. The van der Waals surface area contributed by atoms with Gasteiger partial charge in [0.15, 0.2) is 5.75 Å². The summed E-state index contributed by atoms with van der Waals surface area (Å²) < 4.78 is 48.1. The summed E-state index contributed by atoms with van der Waals surface area (Å²) in [5.41, 5.74) is 1.28. The van der Waals surface area contributed by atoms with Crippen molar-refractivity contribution in [3.05, 3.63) is 100 Å². The van der Waals surface area contributed by atoms with Crippen molar-refractivity contribution in [2.24, 2.45) is 0 Å². The van der Waals surface area contributed by atoms with E-state index >= 15 is 4.39 Å². The highest BCUT2D eigenvalue weighted by atomic mass is 19.1. The average Bonchev–Trinajstić information content (AvgIpc) is 2.83. The number of halogens is 3. The quantitative estimate of drug-likeness (QED) is 0.328. The molecule has 0 aliphatic heterocycles. The number of rotatable bonds is 8. The number of aryl methyl sites for hydroxylation is 4. The lowest BCUT2D eigenvalue weighted by molar-refractivity contribution is 0.337. The zero-order chi connectivity index (χ0) is 24.1. The molecule has 0 spiro atoms. The normalized spacial score (nSPS) is 10.9. The fourth-order valence-corrected chi connectivity index (χ4v) is 3.86. The van der Waals surface area contributed by atoms with E-state index in [9.17, 15) is 8.78 Å². The van der Waals surface area contributed by atoms with E-state index in [0.717, 1.165) is 23.1 Å².